The first-order chi connectivity index (χ1) is 10.2. The Hall–Kier alpha value is -2.49. The molecule has 0 spiro atoms. The summed E-state index contributed by atoms with van der Waals surface area (Å²) in [6.45, 7) is 1.83. The van der Waals surface area contributed by atoms with Gasteiger partial charge in [-0.15, -0.1) is 0 Å². The summed E-state index contributed by atoms with van der Waals surface area (Å²) in [6.07, 6.45) is 1.03. The highest BCUT2D eigenvalue weighted by Crippen LogP contribution is 2.30. The minimum absolute atomic E-state index is 0.302. The minimum Gasteiger partial charge on any atom is -0.465 e. The topological polar surface area (TPSA) is 55.6 Å². The van der Waals surface area contributed by atoms with E-state index in [2.05, 4.69) is 17.0 Å². The Morgan fingerprint density at radius 3 is 2.71 bits per heavy atom. The number of methoxy groups -OCH3 is 1. The van der Waals surface area contributed by atoms with E-state index in [1.54, 1.807) is 12.1 Å². The van der Waals surface area contributed by atoms with Gasteiger partial charge in [-0.2, -0.15) is 0 Å². The molecule has 1 aliphatic heterocycles. The van der Waals surface area contributed by atoms with E-state index in [-0.39, 0.29) is 5.97 Å². The van der Waals surface area contributed by atoms with Gasteiger partial charge in [-0.3, -0.25) is 0 Å². The van der Waals surface area contributed by atoms with Crippen LogP contribution in [0.3, 0.4) is 0 Å². The molecule has 0 fully saturated rings. The second-order valence-electron chi connectivity index (χ2n) is 5.25. The molecule has 0 unspecified atom stereocenters. The lowest BCUT2D eigenvalue weighted by molar-refractivity contribution is 0.0600. The highest BCUT2D eigenvalue weighted by atomic mass is 16.5. The summed E-state index contributed by atoms with van der Waals surface area (Å²) in [5, 5.41) is 0. The Kier molecular flexibility index (Phi) is 3.52. The summed E-state index contributed by atoms with van der Waals surface area (Å²) >= 11 is 0. The number of fused-ring (bicyclic) bond motifs is 1. The zero-order chi connectivity index (χ0) is 14.8. The van der Waals surface area contributed by atoms with E-state index in [9.17, 15) is 4.79 Å². The fourth-order valence-corrected chi connectivity index (χ4v) is 2.74. The number of nitrogens with two attached hydrogens (primary N) is 1. The van der Waals surface area contributed by atoms with E-state index >= 15 is 0 Å². The number of hydrogen-bond acceptors (Lipinski definition) is 4. The van der Waals surface area contributed by atoms with Crippen LogP contribution in [0.25, 0.3) is 0 Å². The number of carbonyl (C=O) groups excluding carboxylic acids is 1. The van der Waals surface area contributed by atoms with Gasteiger partial charge in [0, 0.05) is 24.5 Å². The van der Waals surface area contributed by atoms with E-state index in [4.69, 9.17) is 10.5 Å². The molecule has 2 aromatic carbocycles. The highest BCUT2D eigenvalue weighted by Gasteiger charge is 2.19. The largest absolute Gasteiger partial charge is 0.465 e. The molecule has 0 bridgehead atoms. The van der Waals surface area contributed by atoms with Gasteiger partial charge in [-0.25, -0.2) is 4.79 Å². The maximum Gasteiger partial charge on any atom is 0.337 e. The second kappa shape index (κ2) is 5.48. The maximum atomic E-state index is 11.4. The van der Waals surface area contributed by atoms with Crippen molar-refractivity contribution in [2.75, 3.05) is 24.3 Å². The first-order valence-electron chi connectivity index (χ1n) is 6.98. The lowest BCUT2D eigenvalue weighted by Crippen LogP contribution is -2.19. The molecule has 2 N–H and O–H groups in total. The number of ether oxygens (including phenoxy) is 1. The zero-order valence-corrected chi connectivity index (χ0v) is 12.0. The van der Waals surface area contributed by atoms with Gasteiger partial charge in [0.15, 0.2) is 0 Å². The Labute approximate surface area is 124 Å². The third-order valence-electron chi connectivity index (χ3n) is 3.84. The number of anilines is 2. The van der Waals surface area contributed by atoms with Crippen molar-refractivity contribution in [2.45, 2.75) is 13.0 Å². The molecule has 1 aliphatic rings. The molecule has 3 rings (SSSR count). The molecule has 0 radical (unpaired) electrons. The number of nitrogens with zero attached hydrogens (tertiary/aromatic N) is 1. The molecule has 4 nitrogen and oxygen atoms in total. The fourth-order valence-electron chi connectivity index (χ4n) is 2.74. The van der Waals surface area contributed by atoms with Gasteiger partial charge in [-0.05, 0) is 47.9 Å². The number of nitrogen functional groups attached to an aromatic ring is 1. The summed E-state index contributed by atoms with van der Waals surface area (Å²) in [5.74, 6) is -0.302. The van der Waals surface area contributed by atoms with Crippen LogP contribution in [0.15, 0.2) is 42.5 Å². The quantitative estimate of drug-likeness (QED) is 0.694. The molecule has 0 amide bonds. The van der Waals surface area contributed by atoms with Crippen LogP contribution in [0.1, 0.15) is 21.5 Å². The molecule has 0 atom stereocenters. The van der Waals surface area contributed by atoms with Crippen molar-refractivity contribution in [3.63, 3.8) is 0 Å². The Balaban J connectivity index is 1.75. The maximum absolute atomic E-state index is 11.4. The van der Waals surface area contributed by atoms with Crippen LogP contribution in [-0.2, 0) is 17.7 Å². The smallest absolute Gasteiger partial charge is 0.337 e. The molecule has 1 heterocycles. The standard InChI is InChI=1S/C17H18N2O2/c1-21-17(20)13-4-2-12(3-5-13)11-19-9-8-14-10-15(18)6-7-16(14)19/h2-7,10H,8-9,11,18H2,1H3. The van der Waals surface area contributed by atoms with Gasteiger partial charge >= 0.3 is 5.97 Å². The summed E-state index contributed by atoms with van der Waals surface area (Å²) < 4.78 is 4.71. The van der Waals surface area contributed by atoms with Gasteiger partial charge < -0.3 is 15.4 Å². The van der Waals surface area contributed by atoms with E-state index < -0.39 is 0 Å². The van der Waals surface area contributed by atoms with Crippen LogP contribution >= 0.6 is 0 Å². The lowest BCUT2D eigenvalue weighted by atomic mass is 10.1. The third kappa shape index (κ3) is 2.70. The number of hydrogen-bond donors (Lipinski definition) is 1. The van der Waals surface area contributed by atoms with Crippen molar-refractivity contribution < 1.29 is 9.53 Å². The average Bonchev–Trinajstić information content (AvgIpc) is 2.89. The van der Waals surface area contributed by atoms with Gasteiger partial charge in [0.1, 0.15) is 0 Å². The predicted octanol–water partition coefficient (Wildman–Crippen LogP) is 2.62. The Morgan fingerprint density at radius 2 is 2.00 bits per heavy atom. The van der Waals surface area contributed by atoms with Gasteiger partial charge in [0.05, 0.1) is 12.7 Å². The Morgan fingerprint density at radius 1 is 1.24 bits per heavy atom. The van der Waals surface area contributed by atoms with Crippen LogP contribution < -0.4 is 10.6 Å². The Bertz CT molecular complexity index is 665. The van der Waals surface area contributed by atoms with Crippen molar-refractivity contribution in [1.82, 2.24) is 0 Å². The summed E-state index contributed by atoms with van der Waals surface area (Å²) in [5.41, 5.74) is 11.0. The summed E-state index contributed by atoms with van der Waals surface area (Å²) in [4.78, 5) is 13.8. The number of rotatable bonds is 3. The van der Waals surface area contributed by atoms with Crippen molar-refractivity contribution in [3.05, 3.63) is 59.2 Å². The highest BCUT2D eigenvalue weighted by molar-refractivity contribution is 5.89. The van der Waals surface area contributed by atoms with Crippen LogP contribution in [0, 0.1) is 0 Å². The molecule has 21 heavy (non-hydrogen) atoms. The van der Waals surface area contributed by atoms with E-state index in [0.29, 0.717) is 5.56 Å². The normalized spacial score (nSPS) is 13.1. The van der Waals surface area contributed by atoms with Crippen LogP contribution in [-0.4, -0.2) is 19.6 Å². The monoisotopic (exact) mass is 282 g/mol. The first-order valence-corrected chi connectivity index (χ1v) is 6.98. The summed E-state index contributed by atoms with van der Waals surface area (Å²) in [7, 11) is 1.39. The molecular weight excluding hydrogens is 264 g/mol. The lowest BCUT2D eigenvalue weighted by Gasteiger charge is -2.19. The van der Waals surface area contributed by atoms with Crippen LogP contribution in [0.2, 0.25) is 0 Å². The minimum atomic E-state index is -0.302. The van der Waals surface area contributed by atoms with Crippen molar-refractivity contribution in [3.8, 4) is 0 Å². The molecular formula is C17H18N2O2. The van der Waals surface area contributed by atoms with Crippen LogP contribution in [0.4, 0.5) is 11.4 Å². The van der Waals surface area contributed by atoms with Crippen molar-refractivity contribution in [2.24, 2.45) is 0 Å². The van der Waals surface area contributed by atoms with Crippen molar-refractivity contribution >= 4 is 17.3 Å². The predicted molar refractivity (Wildman–Crippen MR) is 83.4 cm³/mol. The second-order valence-corrected chi connectivity index (χ2v) is 5.25. The summed E-state index contributed by atoms with van der Waals surface area (Å²) in [6, 6.07) is 13.6. The van der Waals surface area contributed by atoms with Crippen molar-refractivity contribution in [1.29, 1.82) is 0 Å². The third-order valence-corrected chi connectivity index (χ3v) is 3.84. The van der Waals surface area contributed by atoms with E-state index in [1.165, 1.54) is 23.9 Å². The van der Waals surface area contributed by atoms with E-state index in [1.807, 2.05) is 18.2 Å². The van der Waals surface area contributed by atoms with Gasteiger partial charge in [0.25, 0.3) is 0 Å². The van der Waals surface area contributed by atoms with Gasteiger partial charge in [-0.1, -0.05) is 12.1 Å². The van der Waals surface area contributed by atoms with Gasteiger partial charge in [0.2, 0.25) is 0 Å². The van der Waals surface area contributed by atoms with E-state index in [0.717, 1.165) is 25.2 Å². The molecule has 0 aromatic heterocycles. The fraction of sp³-hybridized carbons (Fsp3) is 0.235. The average molecular weight is 282 g/mol. The molecule has 0 aliphatic carbocycles. The molecule has 108 valence electrons. The molecule has 2 aromatic rings. The SMILES string of the molecule is COC(=O)c1ccc(CN2CCc3cc(N)ccc32)cc1. The number of benzene rings is 2. The number of carbonyl (C=O) groups is 1. The molecule has 4 heteroatoms. The molecule has 0 saturated heterocycles. The van der Waals surface area contributed by atoms with Crippen LogP contribution in [0.5, 0.6) is 0 Å². The number of esters is 1. The molecule has 0 saturated carbocycles. The first kappa shape index (κ1) is 13.5. The zero-order valence-electron chi connectivity index (χ0n) is 12.0.